The third-order valence-corrected chi connectivity index (χ3v) is 3.14. The number of ether oxygens (including phenoxy) is 2. The van der Waals surface area contributed by atoms with Crippen molar-refractivity contribution >= 4 is 11.9 Å². The van der Waals surface area contributed by atoms with E-state index in [1.807, 2.05) is 0 Å². The molecular weight excluding hydrogens is 264 g/mol. The SMILES string of the molecule is COC(=O)CC1CN(C(=O)CCn2ccnn2)CCO1. The molecular formula is C12H18N4O4. The summed E-state index contributed by atoms with van der Waals surface area (Å²) >= 11 is 0. The van der Waals surface area contributed by atoms with E-state index in [2.05, 4.69) is 15.0 Å². The van der Waals surface area contributed by atoms with E-state index in [0.29, 0.717) is 32.7 Å². The van der Waals surface area contributed by atoms with Crippen LogP contribution in [-0.2, 0) is 25.6 Å². The van der Waals surface area contributed by atoms with Gasteiger partial charge in [0, 0.05) is 25.7 Å². The summed E-state index contributed by atoms with van der Waals surface area (Å²) in [6, 6.07) is 0. The minimum Gasteiger partial charge on any atom is -0.469 e. The van der Waals surface area contributed by atoms with Crippen molar-refractivity contribution < 1.29 is 19.1 Å². The standard InChI is InChI=1S/C12H18N4O4/c1-19-12(18)8-10-9-15(6-7-20-10)11(17)2-4-16-5-3-13-14-16/h3,5,10H,2,4,6-9H2,1H3. The van der Waals surface area contributed by atoms with Gasteiger partial charge in [-0.1, -0.05) is 5.21 Å². The Labute approximate surface area is 116 Å². The Hall–Kier alpha value is -1.96. The van der Waals surface area contributed by atoms with E-state index in [1.165, 1.54) is 7.11 Å². The molecule has 1 fully saturated rings. The molecule has 0 radical (unpaired) electrons. The summed E-state index contributed by atoms with van der Waals surface area (Å²) in [5, 5.41) is 7.49. The monoisotopic (exact) mass is 282 g/mol. The molecule has 8 heteroatoms. The van der Waals surface area contributed by atoms with Crippen LogP contribution in [0, 0.1) is 0 Å². The van der Waals surface area contributed by atoms with Crippen molar-refractivity contribution in [3.05, 3.63) is 12.4 Å². The predicted octanol–water partition coefficient (Wildman–Crippen LogP) is -0.541. The Balaban J connectivity index is 1.79. The highest BCUT2D eigenvalue weighted by molar-refractivity contribution is 5.76. The average molecular weight is 282 g/mol. The van der Waals surface area contributed by atoms with Gasteiger partial charge in [-0.05, 0) is 0 Å². The molecule has 2 heterocycles. The molecule has 0 bridgehead atoms. The quantitative estimate of drug-likeness (QED) is 0.674. The minimum absolute atomic E-state index is 0.0265. The highest BCUT2D eigenvalue weighted by Crippen LogP contribution is 2.11. The number of morpholine rings is 1. The number of hydrogen-bond acceptors (Lipinski definition) is 6. The summed E-state index contributed by atoms with van der Waals surface area (Å²) in [5.41, 5.74) is 0. The Kier molecular flexibility index (Phi) is 5.05. The number of nitrogens with zero attached hydrogens (tertiary/aromatic N) is 4. The number of hydrogen-bond donors (Lipinski definition) is 0. The Morgan fingerprint density at radius 3 is 3.05 bits per heavy atom. The molecule has 20 heavy (non-hydrogen) atoms. The van der Waals surface area contributed by atoms with Gasteiger partial charge in [-0.15, -0.1) is 5.10 Å². The zero-order chi connectivity index (χ0) is 14.4. The predicted molar refractivity (Wildman–Crippen MR) is 67.6 cm³/mol. The molecule has 0 aromatic carbocycles. The Bertz CT molecular complexity index is 448. The smallest absolute Gasteiger partial charge is 0.308 e. The van der Waals surface area contributed by atoms with Gasteiger partial charge in [-0.3, -0.25) is 14.3 Å². The van der Waals surface area contributed by atoms with E-state index in [4.69, 9.17) is 4.74 Å². The number of aryl methyl sites for hydroxylation is 1. The summed E-state index contributed by atoms with van der Waals surface area (Å²) in [6.45, 7) is 1.91. The first-order valence-corrected chi connectivity index (χ1v) is 6.49. The van der Waals surface area contributed by atoms with Crippen LogP contribution in [0.1, 0.15) is 12.8 Å². The molecule has 1 aromatic heterocycles. The van der Waals surface area contributed by atoms with Crippen LogP contribution in [0.5, 0.6) is 0 Å². The molecule has 1 saturated heterocycles. The van der Waals surface area contributed by atoms with E-state index >= 15 is 0 Å². The van der Waals surface area contributed by atoms with Gasteiger partial charge in [-0.2, -0.15) is 0 Å². The van der Waals surface area contributed by atoms with Crippen molar-refractivity contribution in [2.24, 2.45) is 0 Å². The van der Waals surface area contributed by atoms with Crippen LogP contribution in [0.4, 0.5) is 0 Å². The topological polar surface area (TPSA) is 86.6 Å². The lowest BCUT2D eigenvalue weighted by Gasteiger charge is -2.32. The highest BCUT2D eigenvalue weighted by Gasteiger charge is 2.26. The lowest BCUT2D eigenvalue weighted by molar-refractivity contribution is -0.150. The van der Waals surface area contributed by atoms with Crippen LogP contribution in [0.3, 0.4) is 0 Å². The number of carbonyl (C=O) groups excluding carboxylic acids is 2. The van der Waals surface area contributed by atoms with Crippen LogP contribution >= 0.6 is 0 Å². The van der Waals surface area contributed by atoms with E-state index in [1.54, 1.807) is 22.0 Å². The molecule has 0 spiro atoms. The van der Waals surface area contributed by atoms with Gasteiger partial charge < -0.3 is 14.4 Å². The maximum absolute atomic E-state index is 12.1. The van der Waals surface area contributed by atoms with Gasteiger partial charge in [0.25, 0.3) is 0 Å². The molecule has 1 unspecified atom stereocenters. The van der Waals surface area contributed by atoms with Crippen LogP contribution in [-0.4, -0.2) is 64.7 Å². The molecule has 8 nitrogen and oxygen atoms in total. The molecule has 0 aliphatic carbocycles. The summed E-state index contributed by atoms with van der Waals surface area (Å²) in [4.78, 5) is 25.0. The second kappa shape index (κ2) is 6.99. The average Bonchev–Trinajstić information content (AvgIpc) is 2.98. The lowest BCUT2D eigenvalue weighted by Crippen LogP contribution is -2.46. The minimum atomic E-state index is -0.327. The molecule has 0 N–H and O–H groups in total. The number of carbonyl (C=O) groups is 2. The van der Waals surface area contributed by atoms with Crippen molar-refractivity contribution in [1.29, 1.82) is 0 Å². The number of esters is 1. The number of amides is 1. The molecule has 1 amide bonds. The molecule has 1 aliphatic heterocycles. The third kappa shape index (κ3) is 4.02. The van der Waals surface area contributed by atoms with Gasteiger partial charge >= 0.3 is 5.97 Å². The van der Waals surface area contributed by atoms with Gasteiger partial charge in [0.15, 0.2) is 0 Å². The van der Waals surface area contributed by atoms with Crippen LogP contribution in [0.15, 0.2) is 12.4 Å². The second-order valence-corrected chi connectivity index (χ2v) is 4.53. The first kappa shape index (κ1) is 14.4. The second-order valence-electron chi connectivity index (χ2n) is 4.53. The zero-order valence-corrected chi connectivity index (χ0v) is 11.4. The maximum Gasteiger partial charge on any atom is 0.308 e. The number of aromatic nitrogens is 3. The summed E-state index contributed by atoms with van der Waals surface area (Å²) < 4.78 is 11.7. The normalized spacial score (nSPS) is 18.9. The molecule has 1 aliphatic rings. The summed E-state index contributed by atoms with van der Waals surface area (Å²) in [5.74, 6) is -0.300. The summed E-state index contributed by atoms with van der Waals surface area (Å²) in [7, 11) is 1.34. The molecule has 110 valence electrons. The first-order chi connectivity index (χ1) is 9.69. The number of methoxy groups -OCH3 is 1. The largest absolute Gasteiger partial charge is 0.469 e. The maximum atomic E-state index is 12.1. The van der Waals surface area contributed by atoms with Crippen LogP contribution in [0.25, 0.3) is 0 Å². The fraction of sp³-hybridized carbons (Fsp3) is 0.667. The molecule has 1 aromatic rings. The van der Waals surface area contributed by atoms with Crippen molar-refractivity contribution in [2.75, 3.05) is 26.8 Å². The number of rotatable bonds is 5. The van der Waals surface area contributed by atoms with Gasteiger partial charge in [0.2, 0.25) is 5.91 Å². The van der Waals surface area contributed by atoms with Crippen LogP contribution < -0.4 is 0 Å². The Morgan fingerprint density at radius 2 is 2.35 bits per heavy atom. The first-order valence-electron chi connectivity index (χ1n) is 6.49. The lowest BCUT2D eigenvalue weighted by atomic mass is 10.2. The Morgan fingerprint density at radius 1 is 1.50 bits per heavy atom. The van der Waals surface area contributed by atoms with E-state index in [-0.39, 0.29) is 24.4 Å². The fourth-order valence-electron chi connectivity index (χ4n) is 2.06. The van der Waals surface area contributed by atoms with Crippen molar-refractivity contribution in [1.82, 2.24) is 19.9 Å². The van der Waals surface area contributed by atoms with Crippen LogP contribution in [0.2, 0.25) is 0 Å². The molecule has 2 rings (SSSR count). The van der Waals surface area contributed by atoms with E-state index in [9.17, 15) is 9.59 Å². The van der Waals surface area contributed by atoms with E-state index < -0.39 is 0 Å². The zero-order valence-electron chi connectivity index (χ0n) is 11.4. The third-order valence-electron chi connectivity index (χ3n) is 3.14. The molecule has 0 saturated carbocycles. The van der Waals surface area contributed by atoms with Crippen molar-refractivity contribution in [3.8, 4) is 0 Å². The van der Waals surface area contributed by atoms with Gasteiger partial charge in [0.1, 0.15) is 0 Å². The fourth-order valence-corrected chi connectivity index (χ4v) is 2.06. The van der Waals surface area contributed by atoms with Crippen molar-refractivity contribution in [2.45, 2.75) is 25.5 Å². The summed E-state index contributed by atoms with van der Waals surface area (Å²) in [6.07, 6.45) is 3.53. The van der Waals surface area contributed by atoms with Gasteiger partial charge in [0.05, 0.1) is 39.0 Å². The highest BCUT2D eigenvalue weighted by atomic mass is 16.5. The van der Waals surface area contributed by atoms with Crippen molar-refractivity contribution in [3.63, 3.8) is 0 Å². The van der Waals surface area contributed by atoms with E-state index in [0.717, 1.165) is 0 Å². The molecule has 1 atom stereocenters. The van der Waals surface area contributed by atoms with Gasteiger partial charge in [-0.25, -0.2) is 0 Å².